The second-order valence-electron chi connectivity index (χ2n) is 8.01. The van der Waals surface area contributed by atoms with E-state index in [1.54, 1.807) is 24.3 Å². The molecule has 1 fully saturated rings. The molecule has 0 radical (unpaired) electrons. The van der Waals surface area contributed by atoms with Crippen LogP contribution in [0.4, 0.5) is 0 Å². The molecular formula is C25H21ClN4O. The van der Waals surface area contributed by atoms with Gasteiger partial charge in [-0.1, -0.05) is 29.8 Å². The van der Waals surface area contributed by atoms with E-state index in [-0.39, 0.29) is 23.7 Å². The van der Waals surface area contributed by atoms with Crippen molar-refractivity contribution in [3.8, 4) is 11.1 Å². The molecule has 6 heteroatoms. The van der Waals surface area contributed by atoms with Gasteiger partial charge in [0.15, 0.2) is 0 Å². The van der Waals surface area contributed by atoms with Crippen LogP contribution in [0.1, 0.15) is 52.8 Å². The molecule has 4 aromatic rings. The number of carbonyl (C=O) groups excluding carboxylic acids is 1. The van der Waals surface area contributed by atoms with Crippen LogP contribution in [-0.2, 0) is 20.0 Å². The normalized spacial score (nSPS) is 20.1. The Hall–Kier alpha value is -3.18. The van der Waals surface area contributed by atoms with Gasteiger partial charge in [-0.05, 0) is 65.3 Å². The smallest absolute Gasteiger partial charge is 0.256 e. The molecule has 154 valence electrons. The number of hydrogen-bond donors (Lipinski definition) is 0. The number of fused-ring (bicyclic) bond motifs is 2. The van der Waals surface area contributed by atoms with Crippen molar-refractivity contribution in [1.82, 2.24) is 19.7 Å². The molecule has 1 aliphatic carbocycles. The van der Waals surface area contributed by atoms with Crippen LogP contribution in [0.25, 0.3) is 22.0 Å². The zero-order valence-corrected chi connectivity index (χ0v) is 17.2. The summed E-state index contributed by atoms with van der Waals surface area (Å²) >= 11 is 6.83. The van der Waals surface area contributed by atoms with Gasteiger partial charge in [-0.25, -0.2) is 0 Å². The zero-order valence-electron chi connectivity index (χ0n) is 21.5. The van der Waals surface area contributed by atoms with Crippen LogP contribution in [0.3, 0.4) is 0 Å². The first-order chi connectivity index (χ1) is 17.1. The van der Waals surface area contributed by atoms with Gasteiger partial charge in [-0.15, -0.1) is 0 Å². The lowest BCUT2D eigenvalue weighted by Gasteiger charge is -2.20. The third-order valence-electron chi connectivity index (χ3n) is 5.95. The monoisotopic (exact) mass is 433 g/mol. The molecule has 1 aliphatic heterocycles. The lowest BCUT2D eigenvalue weighted by atomic mass is 9.94. The molecule has 1 amide bonds. The number of hydrogen-bond acceptors (Lipinski definition) is 3. The Labute approximate surface area is 192 Å². The van der Waals surface area contributed by atoms with Crippen molar-refractivity contribution in [1.29, 1.82) is 0 Å². The summed E-state index contributed by atoms with van der Waals surface area (Å²) in [5, 5.41) is 5.36. The maximum absolute atomic E-state index is 13.1. The number of aryl methyl sites for hydroxylation is 1. The first kappa shape index (κ1) is 14.0. The number of rotatable bonds is 4. The highest BCUT2D eigenvalue weighted by molar-refractivity contribution is 6.32. The van der Waals surface area contributed by atoms with Crippen LogP contribution in [0, 0.1) is 0 Å². The summed E-state index contributed by atoms with van der Waals surface area (Å²) in [6.07, 6.45) is 4.98. The summed E-state index contributed by atoms with van der Waals surface area (Å²) in [5.74, 6) is -0.141. The minimum atomic E-state index is -2.38. The Morgan fingerprint density at radius 2 is 2.10 bits per heavy atom. The fourth-order valence-corrected chi connectivity index (χ4v) is 4.58. The van der Waals surface area contributed by atoms with Gasteiger partial charge in [0.1, 0.15) is 0 Å². The van der Waals surface area contributed by atoms with E-state index in [0.717, 1.165) is 39.8 Å². The molecule has 0 atom stereocenters. The summed E-state index contributed by atoms with van der Waals surface area (Å²) in [7, 11) is 0. The number of pyridine rings is 1. The van der Waals surface area contributed by atoms with Gasteiger partial charge in [-0.2, -0.15) is 5.10 Å². The molecule has 3 heterocycles. The Morgan fingerprint density at radius 1 is 1.23 bits per heavy atom. The lowest BCUT2D eigenvalue weighted by molar-refractivity contribution is 0.0766. The van der Waals surface area contributed by atoms with Gasteiger partial charge < -0.3 is 4.90 Å². The zero-order chi connectivity index (χ0) is 25.4. The number of benzene rings is 2. The molecule has 2 aromatic heterocycles. The fraction of sp³-hybridized carbons (Fsp3) is 0.240. The molecule has 0 saturated heterocycles. The molecule has 2 aromatic carbocycles. The van der Waals surface area contributed by atoms with Gasteiger partial charge >= 0.3 is 0 Å². The van der Waals surface area contributed by atoms with Gasteiger partial charge in [0.05, 0.1) is 26.0 Å². The van der Waals surface area contributed by atoms with Crippen LogP contribution in [0.15, 0.2) is 54.9 Å². The summed E-state index contributed by atoms with van der Waals surface area (Å²) in [5.41, 5.74) is 4.28. The fourth-order valence-electron chi connectivity index (χ4n) is 4.29. The molecule has 1 saturated carbocycles. The quantitative estimate of drug-likeness (QED) is 0.437. The minimum absolute atomic E-state index is 0.0221. The molecule has 0 spiro atoms. The molecule has 0 unspecified atom stereocenters. The first-order valence-electron chi connectivity index (χ1n) is 12.6. The van der Waals surface area contributed by atoms with Gasteiger partial charge in [0.2, 0.25) is 0 Å². The summed E-state index contributed by atoms with van der Waals surface area (Å²) < 4.78 is 41.3. The molecular weight excluding hydrogens is 408 g/mol. The van der Waals surface area contributed by atoms with E-state index in [0.29, 0.717) is 15.9 Å². The number of amides is 1. The second-order valence-corrected chi connectivity index (χ2v) is 8.42. The molecule has 6 rings (SSSR count). The van der Waals surface area contributed by atoms with E-state index in [1.165, 1.54) is 17.3 Å². The first-order valence-corrected chi connectivity index (χ1v) is 10.5. The van der Waals surface area contributed by atoms with Crippen molar-refractivity contribution in [3.63, 3.8) is 0 Å². The lowest BCUT2D eigenvalue weighted by Crippen LogP contribution is -2.24. The molecule has 2 aliphatic rings. The highest BCUT2D eigenvalue weighted by Crippen LogP contribution is 2.46. The van der Waals surface area contributed by atoms with Crippen molar-refractivity contribution in [3.05, 3.63) is 82.3 Å². The summed E-state index contributed by atoms with van der Waals surface area (Å²) in [4.78, 5) is 18.4. The molecule has 31 heavy (non-hydrogen) atoms. The average molecular weight is 434 g/mol. The third kappa shape index (κ3) is 3.12. The topological polar surface area (TPSA) is 51.0 Å². The van der Waals surface area contributed by atoms with E-state index in [2.05, 4.69) is 10.1 Å². The predicted octanol–water partition coefficient (Wildman–Crippen LogP) is 5.32. The molecule has 0 bridgehead atoms. The predicted molar refractivity (Wildman–Crippen MR) is 121 cm³/mol. The Morgan fingerprint density at radius 3 is 2.90 bits per heavy atom. The van der Waals surface area contributed by atoms with E-state index < -0.39 is 19.4 Å². The minimum Gasteiger partial charge on any atom is -0.328 e. The van der Waals surface area contributed by atoms with E-state index >= 15 is 0 Å². The average Bonchev–Trinajstić information content (AvgIpc) is 3.54. The number of carbonyl (C=O) groups is 1. The maximum Gasteiger partial charge on any atom is 0.256 e. The van der Waals surface area contributed by atoms with Crippen molar-refractivity contribution in [2.45, 2.75) is 31.8 Å². The summed E-state index contributed by atoms with van der Waals surface area (Å²) in [6, 6.07) is 12.5. The standard InChI is InChI=1S/C25H21ClN4O/c1-29-12-21-17(4-2-6-23(21)28-29)16-10-19(15-7-8-15)20(22(26)11-16)13-30-14-24-18(25(30)31)5-3-9-27-24/h2-6,9-12,15H,7-8,13-14H2,1H3/i1D3,14D2. The summed E-state index contributed by atoms with van der Waals surface area (Å²) in [6.45, 7) is -4.41. The van der Waals surface area contributed by atoms with Crippen molar-refractivity contribution < 1.29 is 11.6 Å². The molecule has 5 nitrogen and oxygen atoms in total. The Bertz CT molecular complexity index is 1540. The Kier molecular flexibility index (Phi) is 3.12. The van der Waals surface area contributed by atoms with Crippen LogP contribution < -0.4 is 0 Å². The second kappa shape index (κ2) is 6.92. The van der Waals surface area contributed by atoms with Crippen LogP contribution in [0.2, 0.25) is 5.02 Å². The van der Waals surface area contributed by atoms with Crippen LogP contribution in [-0.4, -0.2) is 25.6 Å². The van der Waals surface area contributed by atoms with Crippen LogP contribution in [0.5, 0.6) is 0 Å². The van der Waals surface area contributed by atoms with Gasteiger partial charge in [0, 0.05) is 40.4 Å². The van der Waals surface area contributed by atoms with E-state index in [4.69, 9.17) is 18.5 Å². The molecule has 0 N–H and O–H groups in total. The Balaban J connectivity index is 1.44. The number of aromatic nitrogens is 3. The van der Waals surface area contributed by atoms with Crippen molar-refractivity contribution in [2.75, 3.05) is 0 Å². The van der Waals surface area contributed by atoms with Crippen molar-refractivity contribution in [2.24, 2.45) is 6.98 Å². The van der Waals surface area contributed by atoms with Gasteiger partial charge in [-0.3, -0.25) is 14.5 Å². The highest BCUT2D eigenvalue weighted by Gasteiger charge is 2.32. The largest absolute Gasteiger partial charge is 0.328 e. The van der Waals surface area contributed by atoms with Gasteiger partial charge in [0.25, 0.3) is 5.91 Å². The van der Waals surface area contributed by atoms with E-state index in [9.17, 15) is 4.79 Å². The highest BCUT2D eigenvalue weighted by atomic mass is 35.5. The van der Waals surface area contributed by atoms with Crippen molar-refractivity contribution >= 4 is 28.4 Å². The third-order valence-corrected chi connectivity index (χ3v) is 6.29. The maximum atomic E-state index is 13.1. The number of halogens is 1. The SMILES string of the molecule is [2H]C1([2H])c2ncccc2C(=O)N1Cc1c(Cl)cc(-c2cccc3nn(C([2H])([2H])[2H])cc23)cc1C1CC1. The van der Waals surface area contributed by atoms with Crippen LogP contribution >= 0.6 is 11.6 Å². The number of nitrogens with zero attached hydrogens (tertiary/aromatic N) is 4. The van der Waals surface area contributed by atoms with E-state index in [1.807, 2.05) is 18.2 Å².